The fraction of sp³-hybridized carbons (Fsp3) is 0.364. The van der Waals surface area contributed by atoms with Gasteiger partial charge in [0.15, 0.2) is 0 Å². The summed E-state index contributed by atoms with van der Waals surface area (Å²) >= 11 is 1.78. The van der Waals surface area contributed by atoms with Crippen molar-refractivity contribution in [3.63, 3.8) is 0 Å². The van der Waals surface area contributed by atoms with E-state index in [9.17, 15) is 0 Å². The molecule has 2 aromatic rings. The minimum Gasteiger partial charge on any atom is -0.260 e. The zero-order valence-electron chi connectivity index (χ0n) is 8.00. The third-order valence-corrected chi connectivity index (χ3v) is 3.27. The molecule has 0 aromatic carbocycles. The summed E-state index contributed by atoms with van der Waals surface area (Å²) in [6.07, 6.45) is 4.25. The van der Waals surface area contributed by atoms with Gasteiger partial charge in [-0.1, -0.05) is 13.3 Å². The molecule has 2 rings (SSSR count). The van der Waals surface area contributed by atoms with Gasteiger partial charge in [0.25, 0.3) is 0 Å². The largest absolute Gasteiger partial charge is 0.260 e. The van der Waals surface area contributed by atoms with Crippen LogP contribution in [-0.4, -0.2) is 4.98 Å². The van der Waals surface area contributed by atoms with Crippen molar-refractivity contribution in [2.75, 3.05) is 0 Å². The first kappa shape index (κ1) is 8.70. The summed E-state index contributed by atoms with van der Waals surface area (Å²) in [7, 11) is 0. The Bertz CT molecular complexity index is 417. The Balaban J connectivity index is 2.53. The minimum atomic E-state index is 1.09. The van der Waals surface area contributed by atoms with E-state index >= 15 is 0 Å². The van der Waals surface area contributed by atoms with E-state index in [0.29, 0.717) is 0 Å². The van der Waals surface area contributed by atoms with Crippen LogP contribution < -0.4 is 0 Å². The lowest BCUT2D eigenvalue weighted by molar-refractivity contribution is 0.886. The van der Waals surface area contributed by atoms with Crippen LogP contribution in [0.3, 0.4) is 0 Å². The van der Waals surface area contributed by atoms with Crippen molar-refractivity contribution in [3.05, 3.63) is 28.9 Å². The number of hydrogen-bond donors (Lipinski definition) is 0. The summed E-state index contributed by atoms with van der Waals surface area (Å²) in [6, 6.07) is 2.23. The molecule has 0 aliphatic carbocycles. The van der Waals surface area contributed by atoms with Crippen molar-refractivity contribution in [2.45, 2.75) is 26.7 Å². The molecule has 0 bridgehead atoms. The lowest BCUT2D eigenvalue weighted by Gasteiger charge is -1.97. The molecule has 0 unspecified atom stereocenters. The Morgan fingerprint density at radius 1 is 1.46 bits per heavy atom. The first-order valence-corrected chi connectivity index (χ1v) is 5.52. The minimum absolute atomic E-state index is 1.09. The van der Waals surface area contributed by atoms with Gasteiger partial charge in [0.05, 0.1) is 4.70 Å². The van der Waals surface area contributed by atoms with E-state index in [4.69, 9.17) is 0 Å². The van der Waals surface area contributed by atoms with Crippen LogP contribution in [0.2, 0.25) is 0 Å². The van der Waals surface area contributed by atoms with Gasteiger partial charge >= 0.3 is 0 Å². The number of aromatic nitrogens is 1. The van der Waals surface area contributed by atoms with Gasteiger partial charge in [-0.15, -0.1) is 11.3 Å². The summed E-state index contributed by atoms with van der Waals surface area (Å²) in [5.41, 5.74) is 2.59. The number of fused-ring (bicyclic) bond motifs is 1. The maximum Gasteiger partial charge on any atom is 0.0529 e. The van der Waals surface area contributed by atoms with Crippen LogP contribution in [0.4, 0.5) is 0 Å². The van der Waals surface area contributed by atoms with Gasteiger partial charge in [-0.05, 0) is 35.7 Å². The maximum absolute atomic E-state index is 4.42. The van der Waals surface area contributed by atoms with Crippen molar-refractivity contribution in [2.24, 2.45) is 0 Å². The van der Waals surface area contributed by atoms with E-state index in [1.165, 1.54) is 27.8 Å². The second-order valence-corrected chi connectivity index (χ2v) is 4.25. The van der Waals surface area contributed by atoms with Gasteiger partial charge in [0.2, 0.25) is 0 Å². The predicted octanol–water partition coefficient (Wildman–Crippen LogP) is 3.56. The molecule has 68 valence electrons. The third kappa shape index (κ3) is 1.59. The van der Waals surface area contributed by atoms with Crippen molar-refractivity contribution >= 4 is 21.4 Å². The Labute approximate surface area is 82.4 Å². The molecule has 0 aliphatic rings. The summed E-state index contributed by atoms with van der Waals surface area (Å²) in [5, 5.41) is 3.57. The quantitative estimate of drug-likeness (QED) is 0.707. The lowest BCUT2D eigenvalue weighted by atomic mass is 10.1. The molecule has 0 saturated heterocycles. The molecule has 0 saturated carbocycles. The molecule has 0 aliphatic heterocycles. The van der Waals surface area contributed by atoms with E-state index < -0.39 is 0 Å². The molecule has 0 fully saturated rings. The van der Waals surface area contributed by atoms with Crippen molar-refractivity contribution in [3.8, 4) is 0 Å². The molecule has 0 radical (unpaired) electrons. The normalized spacial score (nSPS) is 10.9. The Morgan fingerprint density at radius 2 is 2.31 bits per heavy atom. The topological polar surface area (TPSA) is 12.9 Å². The molecular formula is C11H13NS. The van der Waals surface area contributed by atoms with Crippen LogP contribution in [0, 0.1) is 6.92 Å². The predicted molar refractivity (Wildman–Crippen MR) is 58.4 cm³/mol. The third-order valence-electron chi connectivity index (χ3n) is 2.22. The average molecular weight is 191 g/mol. The highest BCUT2D eigenvalue weighted by atomic mass is 32.1. The van der Waals surface area contributed by atoms with Crippen LogP contribution >= 0.6 is 11.3 Å². The SMILES string of the molecule is CCCc1cc2c(C)csc2cn1. The molecule has 13 heavy (non-hydrogen) atoms. The van der Waals surface area contributed by atoms with Crippen LogP contribution in [0.5, 0.6) is 0 Å². The molecule has 0 amide bonds. The van der Waals surface area contributed by atoms with Crippen LogP contribution in [0.25, 0.3) is 10.1 Å². The van der Waals surface area contributed by atoms with E-state index in [-0.39, 0.29) is 0 Å². The smallest absolute Gasteiger partial charge is 0.0529 e. The van der Waals surface area contributed by atoms with Crippen molar-refractivity contribution in [1.29, 1.82) is 0 Å². The maximum atomic E-state index is 4.42. The molecule has 0 N–H and O–H groups in total. The highest BCUT2D eigenvalue weighted by Gasteiger charge is 2.01. The highest BCUT2D eigenvalue weighted by molar-refractivity contribution is 7.17. The summed E-state index contributed by atoms with van der Waals surface area (Å²) < 4.78 is 1.30. The number of nitrogens with zero attached hydrogens (tertiary/aromatic N) is 1. The monoisotopic (exact) mass is 191 g/mol. The Kier molecular flexibility index (Phi) is 2.32. The fourth-order valence-corrected chi connectivity index (χ4v) is 2.39. The van der Waals surface area contributed by atoms with Gasteiger partial charge in [-0.25, -0.2) is 0 Å². The van der Waals surface area contributed by atoms with E-state index in [0.717, 1.165) is 6.42 Å². The first-order valence-electron chi connectivity index (χ1n) is 4.64. The zero-order valence-corrected chi connectivity index (χ0v) is 8.82. The lowest BCUT2D eigenvalue weighted by Crippen LogP contribution is -1.87. The molecular weight excluding hydrogens is 178 g/mol. The van der Waals surface area contributed by atoms with Crippen LogP contribution in [0.15, 0.2) is 17.6 Å². The van der Waals surface area contributed by atoms with Gasteiger partial charge in [0, 0.05) is 11.9 Å². The highest BCUT2D eigenvalue weighted by Crippen LogP contribution is 2.25. The van der Waals surface area contributed by atoms with Crippen molar-refractivity contribution < 1.29 is 0 Å². The average Bonchev–Trinajstić information content (AvgIpc) is 2.49. The number of rotatable bonds is 2. The van der Waals surface area contributed by atoms with Gasteiger partial charge in [-0.2, -0.15) is 0 Å². The number of hydrogen-bond acceptors (Lipinski definition) is 2. The number of thiophene rings is 1. The molecule has 2 heterocycles. The van der Waals surface area contributed by atoms with Crippen LogP contribution in [-0.2, 0) is 6.42 Å². The molecule has 2 aromatic heterocycles. The molecule has 1 nitrogen and oxygen atoms in total. The summed E-state index contributed by atoms with van der Waals surface area (Å²) in [4.78, 5) is 4.42. The summed E-state index contributed by atoms with van der Waals surface area (Å²) in [5.74, 6) is 0. The summed E-state index contributed by atoms with van der Waals surface area (Å²) in [6.45, 7) is 4.35. The first-order chi connectivity index (χ1) is 6.31. The second kappa shape index (κ2) is 3.46. The van der Waals surface area contributed by atoms with Crippen molar-refractivity contribution in [1.82, 2.24) is 4.98 Å². The van der Waals surface area contributed by atoms with E-state index in [1.54, 1.807) is 11.3 Å². The van der Waals surface area contributed by atoms with Crippen LogP contribution in [0.1, 0.15) is 24.6 Å². The standard InChI is InChI=1S/C11H13NS/c1-3-4-9-5-10-8(2)7-13-11(10)6-12-9/h5-7H,3-4H2,1-2H3. The fourth-order valence-electron chi connectivity index (χ4n) is 1.50. The number of pyridine rings is 1. The molecule has 0 spiro atoms. The Hall–Kier alpha value is -0.890. The second-order valence-electron chi connectivity index (χ2n) is 3.34. The van der Waals surface area contributed by atoms with Gasteiger partial charge < -0.3 is 0 Å². The number of aryl methyl sites for hydroxylation is 2. The van der Waals surface area contributed by atoms with E-state index in [2.05, 4.69) is 30.3 Å². The zero-order chi connectivity index (χ0) is 9.26. The van der Waals surface area contributed by atoms with E-state index in [1.807, 2.05) is 6.20 Å². The molecule has 2 heteroatoms. The molecule has 0 atom stereocenters. The Morgan fingerprint density at radius 3 is 3.08 bits per heavy atom. The van der Waals surface area contributed by atoms with Gasteiger partial charge in [0.1, 0.15) is 0 Å². The van der Waals surface area contributed by atoms with Gasteiger partial charge in [-0.3, -0.25) is 4.98 Å².